The van der Waals surface area contributed by atoms with Crippen molar-refractivity contribution in [2.24, 2.45) is 11.7 Å². The number of nitrogens with zero attached hydrogens (tertiary/aromatic N) is 1. The number of rotatable bonds is 6. The second-order valence-corrected chi connectivity index (χ2v) is 8.16. The van der Waals surface area contributed by atoms with Gasteiger partial charge in [0.1, 0.15) is 0 Å². The number of aryl methyl sites for hydroxylation is 1. The number of piperidine rings is 1. The van der Waals surface area contributed by atoms with Gasteiger partial charge in [-0.05, 0) is 37.5 Å². The Labute approximate surface area is 153 Å². The number of esters is 1. The van der Waals surface area contributed by atoms with Crippen LogP contribution in [0.5, 0.6) is 0 Å². The van der Waals surface area contributed by atoms with E-state index in [0.717, 1.165) is 0 Å². The van der Waals surface area contributed by atoms with E-state index in [2.05, 4.69) is 10.1 Å². The van der Waals surface area contributed by atoms with Crippen LogP contribution < -0.4 is 11.1 Å². The Kier molecular flexibility index (Phi) is 6.74. The standard InChI is InChI=1S/C17H25N3O5S/c1-12-5-6-13(17(22)25-2)10-15(12)26(23,24)20-9-3-4-14(11-20)16(21)19-8-7-18/h5-6,10,14H,3-4,7-9,11,18H2,1-2H3,(H,19,21). The lowest BCUT2D eigenvalue weighted by Gasteiger charge is -2.31. The van der Waals surface area contributed by atoms with Gasteiger partial charge in [-0.25, -0.2) is 13.2 Å². The lowest BCUT2D eigenvalue weighted by atomic mass is 9.99. The first-order valence-corrected chi connectivity index (χ1v) is 9.92. The molecule has 3 N–H and O–H groups in total. The van der Waals surface area contributed by atoms with Crippen molar-refractivity contribution >= 4 is 21.9 Å². The SMILES string of the molecule is COC(=O)c1ccc(C)c(S(=O)(=O)N2CCCC(C(=O)NCCN)C2)c1. The molecular formula is C17H25N3O5S. The number of hydrogen-bond acceptors (Lipinski definition) is 6. The van der Waals surface area contributed by atoms with Gasteiger partial charge >= 0.3 is 5.97 Å². The topological polar surface area (TPSA) is 119 Å². The molecule has 0 aromatic heterocycles. The van der Waals surface area contributed by atoms with Crippen molar-refractivity contribution < 1.29 is 22.7 Å². The van der Waals surface area contributed by atoms with Gasteiger partial charge in [-0.3, -0.25) is 4.79 Å². The highest BCUT2D eigenvalue weighted by molar-refractivity contribution is 7.89. The average Bonchev–Trinajstić information content (AvgIpc) is 2.65. The van der Waals surface area contributed by atoms with Gasteiger partial charge in [-0.1, -0.05) is 6.07 Å². The molecule has 1 unspecified atom stereocenters. The molecule has 1 heterocycles. The Morgan fingerprint density at radius 3 is 2.77 bits per heavy atom. The van der Waals surface area contributed by atoms with Crippen molar-refractivity contribution in [3.05, 3.63) is 29.3 Å². The zero-order valence-corrected chi connectivity index (χ0v) is 15.8. The zero-order chi connectivity index (χ0) is 19.3. The summed E-state index contributed by atoms with van der Waals surface area (Å²) in [5, 5.41) is 2.71. The van der Waals surface area contributed by atoms with Crippen LogP contribution in [0.2, 0.25) is 0 Å². The van der Waals surface area contributed by atoms with Gasteiger partial charge in [-0.2, -0.15) is 4.31 Å². The lowest BCUT2D eigenvalue weighted by Crippen LogP contribution is -2.46. The number of nitrogens with two attached hydrogens (primary N) is 1. The zero-order valence-electron chi connectivity index (χ0n) is 15.0. The van der Waals surface area contributed by atoms with E-state index in [1.807, 2.05) is 0 Å². The van der Waals surface area contributed by atoms with Gasteiger partial charge in [0.2, 0.25) is 15.9 Å². The predicted molar refractivity (Wildman–Crippen MR) is 96.1 cm³/mol. The molecule has 1 amide bonds. The molecule has 144 valence electrons. The second kappa shape index (κ2) is 8.61. The summed E-state index contributed by atoms with van der Waals surface area (Å²) in [6.07, 6.45) is 1.22. The summed E-state index contributed by atoms with van der Waals surface area (Å²) in [5.41, 5.74) is 6.09. The average molecular weight is 383 g/mol. The third-order valence-electron chi connectivity index (χ3n) is 4.43. The van der Waals surface area contributed by atoms with E-state index >= 15 is 0 Å². The van der Waals surface area contributed by atoms with Crippen LogP contribution in [0.25, 0.3) is 0 Å². The van der Waals surface area contributed by atoms with E-state index in [1.165, 1.54) is 23.5 Å². The molecule has 0 aliphatic carbocycles. The normalized spacial score (nSPS) is 18.3. The summed E-state index contributed by atoms with van der Waals surface area (Å²) in [5.74, 6) is -1.19. The van der Waals surface area contributed by atoms with Gasteiger partial charge < -0.3 is 15.8 Å². The van der Waals surface area contributed by atoms with Crippen LogP contribution in [0.4, 0.5) is 0 Å². The second-order valence-electron chi connectivity index (χ2n) is 6.25. The Morgan fingerprint density at radius 2 is 2.12 bits per heavy atom. The highest BCUT2D eigenvalue weighted by atomic mass is 32.2. The fourth-order valence-corrected chi connectivity index (χ4v) is 4.75. The molecule has 8 nitrogen and oxygen atoms in total. The highest BCUT2D eigenvalue weighted by Gasteiger charge is 2.34. The van der Waals surface area contributed by atoms with E-state index in [4.69, 9.17) is 5.73 Å². The summed E-state index contributed by atoms with van der Waals surface area (Å²) in [6.45, 7) is 2.82. The molecule has 0 spiro atoms. The van der Waals surface area contributed by atoms with E-state index < -0.39 is 21.9 Å². The maximum atomic E-state index is 13.1. The minimum absolute atomic E-state index is 0.0587. The molecule has 1 aliphatic rings. The third-order valence-corrected chi connectivity index (χ3v) is 6.43. The summed E-state index contributed by atoms with van der Waals surface area (Å²) < 4.78 is 32.1. The lowest BCUT2D eigenvalue weighted by molar-refractivity contribution is -0.126. The largest absolute Gasteiger partial charge is 0.465 e. The molecule has 0 saturated carbocycles. The smallest absolute Gasteiger partial charge is 0.337 e. The Hall–Kier alpha value is -1.97. The highest BCUT2D eigenvalue weighted by Crippen LogP contribution is 2.26. The first-order chi connectivity index (χ1) is 12.3. The molecular weight excluding hydrogens is 358 g/mol. The molecule has 1 saturated heterocycles. The van der Waals surface area contributed by atoms with Crippen molar-refractivity contribution in [2.45, 2.75) is 24.7 Å². The number of nitrogens with one attached hydrogen (secondary N) is 1. The van der Waals surface area contributed by atoms with Crippen LogP contribution in [-0.4, -0.2) is 57.9 Å². The number of ether oxygens (including phenoxy) is 1. The van der Waals surface area contributed by atoms with Crippen LogP contribution in [0.3, 0.4) is 0 Å². The van der Waals surface area contributed by atoms with E-state index in [-0.39, 0.29) is 22.9 Å². The molecule has 2 rings (SSSR count). The number of carbonyl (C=O) groups is 2. The van der Waals surface area contributed by atoms with Crippen molar-refractivity contribution in [3.63, 3.8) is 0 Å². The monoisotopic (exact) mass is 383 g/mol. The molecule has 1 aromatic carbocycles. The molecule has 1 atom stereocenters. The fraction of sp³-hybridized carbons (Fsp3) is 0.529. The van der Waals surface area contributed by atoms with Gasteiger partial charge in [0.05, 0.1) is 23.5 Å². The van der Waals surface area contributed by atoms with Crippen LogP contribution in [0, 0.1) is 12.8 Å². The first kappa shape index (κ1) is 20.3. The number of amides is 1. The molecule has 0 radical (unpaired) electrons. The number of hydrogen-bond donors (Lipinski definition) is 2. The minimum Gasteiger partial charge on any atom is -0.465 e. The van der Waals surface area contributed by atoms with Gasteiger partial charge in [-0.15, -0.1) is 0 Å². The maximum absolute atomic E-state index is 13.1. The number of sulfonamides is 1. The Balaban J connectivity index is 2.26. The van der Waals surface area contributed by atoms with E-state index in [9.17, 15) is 18.0 Å². The third kappa shape index (κ3) is 4.40. The Morgan fingerprint density at radius 1 is 1.38 bits per heavy atom. The minimum atomic E-state index is -3.82. The Bertz CT molecular complexity index is 779. The van der Waals surface area contributed by atoms with Crippen LogP contribution in [0.15, 0.2) is 23.1 Å². The number of benzene rings is 1. The van der Waals surface area contributed by atoms with Crippen molar-refractivity contribution in [1.82, 2.24) is 9.62 Å². The van der Waals surface area contributed by atoms with E-state index in [1.54, 1.807) is 13.0 Å². The summed E-state index contributed by atoms with van der Waals surface area (Å²) in [7, 11) is -2.58. The molecule has 9 heteroatoms. The molecule has 1 fully saturated rings. The van der Waals surface area contributed by atoms with Crippen molar-refractivity contribution in [3.8, 4) is 0 Å². The van der Waals surface area contributed by atoms with Crippen LogP contribution in [-0.2, 0) is 19.6 Å². The number of carbonyl (C=O) groups excluding carboxylic acids is 2. The van der Waals surface area contributed by atoms with Gasteiger partial charge in [0.25, 0.3) is 0 Å². The molecule has 1 aromatic rings. The summed E-state index contributed by atoms with van der Waals surface area (Å²) in [6, 6.07) is 4.43. The van der Waals surface area contributed by atoms with Crippen molar-refractivity contribution in [2.75, 3.05) is 33.3 Å². The first-order valence-electron chi connectivity index (χ1n) is 8.48. The van der Waals surface area contributed by atoms with Crippen LogP contribution in [0.1, 0.15) is 28.8 Å². The van der Waals surface area contributed by atoms with Gasteiger partial charge in [0, 0.05) is 26.2 Å². The molecule has 0 bridgehead atoms. The molecule has 1 aliphatic heterocycles. The predicted octanol–water partition coefficient (Wildman–Crippen LogP) is 0.257. The fourth-order valence-electron chi connectivity index (χ4n) is 2.98. The van der Waals surface area contributed by atoms with E-state index in [0.29, 0.717) is 38.0 Å². The quantitative estimate of drug-likeness (QED) is 0.680. The van der Waals surface area contributed by atoms with Crippen LogP contribution >= 0.6 is 0 Å². The maximum Gasteiger partial charge on any atom is 0.337 e. The molecule has 26 heavy (non-hydrogen) atoms. The summed E-state index contributed by atoms with van der Waals surface area (Å²) >= 11 is 0. The summed E-state index contributed by atoms with van der Waals surface area (Å²) in [4.78, 5) is 24.0. The number of methoxy groups -OCH3 is 1. The van der Waals surface area contributed by atoms with Gasteiger partial charge in [0.15, 0.2) is 0 Å². The van der Waals surface area contributed by atoms with Crippen molar-refractivity contribution in [1.29, 1.82) is 0 Å².